The second-order valence-electron chi connectivity index (χ2n) is 4.34. The molecule has 6 heteroatoms. The Balaban J connectivity index is 1.95. The maximum absolute atomic E-state index is 10.8. The van der Waals surface area contributed by atoms with Crippen molar-refractivity contribution in [2.75, 3.05) is 11.9 Å². The number of carboxylic acid groups (broad SMARTS) is 1. The summed E-state index contributed by atoms with van der Waals surface area (Å²) in [5, 5.41) is 21.0. The summed E-state index contributed by atoms with van der Waals surface area (Å²) in [6, 6.07) is 7.45. The molecule has 0 aromatic heterocycles. The van der Waals surface area contributed by atoms with E-state index >= 15 is 0 Å². The first-order chi connectivity index (χ1) is 9.10. The van der Waals surface area contributed by atoms with Crippen molar-refractivity contribution in [2.24, 2.45) is 0 Å². The van der Waals surface area contributed by atoms with Crippen LogP contribution in [-0.4, -0.2) is 29.8 Å². The first-order valence-electron chi connectivity index (χ1n) is 5.92. The third-order valence-corrected chi connectivity index (χ3v) is 3.50. The normalized spacial score (nSPS) is 21.9. The number of aliphatic carboxylic acids is 1. The van der Waals surface area contributed by atoms with E-state index in [1.807, 2.05) is 6.07 Å². The van der Waals surface area contributed by atoms with Gasteiger partial charge in [-0.3, -0.25) is 0 Å². The maximum atomic E-state index is 10.8. The van der Waals surface area contributed by atoms with E-state index in [2.05, 4.69) is 27.3 Å². The smallest absolute Gasteiger partial charge is 0.332 e. The van der Waals surface area contributed by atoms with Crippen LogP contribution in [0.5, 0.6) is 0 Å². The largest absolute Gasteiger partial charge is 0.479 e. The minimum Gasteiger partial charge on any atom is -0.479 e. The molecule has 1 saturated heterocycles. The van der Waals surface area contributed by atoms with E-state index in [4.69, 9.17) is 15.1 Å². The van der Waals surface area contributed by atoms with Crippen LogP contribution < -0.4 is 5.32 Å². The van der Waals surface area contributed by atoms with Crippen molar-refractivity contribution in [3.8, 4) is 6.07 Å². The van der Waals surface area contributed by atoms with Gasteiger partial charge in [0.1, 0.15) is 6.07 Å². The van der Waals surface area contributed by atoms with Crippen LogP contribution in [-0.2, 0) is 9.53 Å². The number of nitrogens with zero attached hydrogens (tertiary/aromatic N) is 1. The molecule has 1 aromatic carbocycles. The van der Waals surface area contributed by atoms with E-state index in [-0.39, 0.29) is 6.10 Å². The predicted octanol–water partition coefficient (Wildman–Crippen LogP) is 2.36. The maximum Gasteiger partial charge on any atom is 0.332 e. The lowest BCUT2D eigenvalue weighted by Crippen LogP contribution is -2.24. The molecular formula is C13H13BrN2O3. The van der Waals surface area contributed by atoms with Gasteiger partial charge in [-0.15, -0.1) is 0 Å². The fourth-order valence-electron chi connectivity index (χ4n) is 2.02. The lowest BCUT2D eigenvalue weighted by molar-refractivity contribution is -0.149. The molecule has 100 valence electrons. The number of benzene rings is 1. The minimum atomic E-state index is -0.914. The summed E-state index contributed by atoms with van der Waals surface area (Å²) in [4.78, 5) is 10.8. The number of halogens is 1. The second kappa shape index (κ2) is 6.04. The Morgan fingerprint density at radius 2 is 2.37 bits per heavy atom. The molecule has 0 amide bonds. The van der Waals surface area contributed by atoms with Crippen molar-refractivity contribution in [3.63, 3.8) is 0 Å². The number of hydrogen-bond acceptors (Lipinski definition) is 4. The van der Waals surface area contributed by atoms with Gasteiger partial charge in [0.05, 0.1) is 17.4 Å². The zero-order chi connectivity index (χ0) is 13.8. The number of nitrogens with one attached hydrogen (secondary N) is 1. The number of carbonyl (C=O) groups is 1. The zero-order valence-corrected chi connectivity index (χ0v) is 11.7. The molecule has 2 atom stereocenters. The average molecular weight is 325 g/mol. The van der Waals surface area contributed by atoms with E-state index in [1.165, 1.54) is 0 Å². The Morgan fingerprint density at radius 1 is 1.58 bits per heavy atom. The van der Waals surface area contributed by atoms with Gasteiger partial charge in [-0.2, -0.15) is 5.26 Å². The van der Waals surface area contributed by atoms with Crippen molar-refractivity contribution >= 4 is 27.6 Å². The van der Waals surface area contributed by atoms with Crippen LogP contribution >= 0.6 is 15.9 Å². The third-order valence-electron chi connectivity index (χ3n) is 3.01. The number of carboxylic acids is 1. The third kappa shape index (κ3) is 3.46. The van der Waals surface area contributed by atoms with E-state index in [1.54, 1.807) is 12.1 Å². The van der Waals surface area contributed by atoms with E-state index < -0.39 is 12.1 Å². The Hall–Kier alpha value is -1.58. The first kappa shape index (κ1) is 13.8. The Labute approximate surface area is 119 Å². The monoisotopic (exact) mass is 324 g/mol. The molecule has 0 saturated carbocycles. The van der Waals surface area contributed by atoms with Gasteiger partial charge in [0, 0.05) is 11.0 Å². The van der Waals surface area contributed by atoms with Crippen molar-refractivity contribution in [1.82, 2.24) is 0 Å². The Morgan fingerprint density at radius 3 is 3.00 bits per heavy atom. The SMILES string of the molecule is N#Cc1ccc(Br)cc1NCC1CCC(C(=O)O)O1. The molecule has 0 aliphatic carbocycles. The van der Waals surface area contributed by atoms with Gasteiger partial charge in [-0.05, 0) is 31.0 Å². The lowest BCUT2D eigenvalue weighted by Gasteiger charge is -2.14. The quantitative estimate of drug-likeness (QED) is 0.888. The fraction of sp³-hybridized carbons (Fsp3) is 0.385. The number of ether oxygens (including phenoxy) is 1. The molecule has 19 heavy (non-hydrogen) atoms. The molecular weight excluding hydrogens is 312 g/mol. The molecule has 1 aliphatic rings. The van der Waals surface area contributed by atoms with Gasteiger partial charge in [-0.25, -0.2) is 4.79 Å². The van der Waals surface area contributed by atoms with Crippen molar-refractivity contribution in [2.45, 2.75) is 25.0 Å². The van der Waals surface area contributed by atoms with Crippen molar-refractivity contribution in [1.29, 1.82) is 5.26 Å². The molecule has 0 radical (unpaired) electrons. The van der Waals surface area contributed by atoms with Gasteiger partial charge in [0.2, 0.25) is 0 Å². The minimum absolute atomic E-state index is 0.133. The summed E-state index contributed by atoms with van der Waals surface area (Å²) in [5.74, 6) is -0.914. The van der Waals surface area contributed by atoms with Crippen molar-refractivity contribution < 1.29 is 14.6 Å². The highest BCUT2D eigenvalue weighted by Gasteiger charge is 2.30. The molecule has 5 nitrogen and oxygen atoms in total. The number of hydrogen-bond donors (Lipinski definition) is 2. The molecule has 1 heterocycles. The number of rotatable bonds is 4. The van der Waals surface area contributed by atoms with E-state index in [0.717, 1.165) is 10.2 Å². The fourth-order valence-corrected chi connectivity index (χ4v) is 2.38. The van der Waals surface area contributed by atoms with Crippen LogP contribution in [0, 0.1) is 11.3 Å². The molecule has 0 bridgehead atoms. The van der Waals surface area contributed by atoms with Gasteiger partial charge in [-0.1, -0.05) is 15.9 Å². The summed E-state index contributed by atoms with van der Waals surface area (Å²) in [5.41, 5.74) is 1.27. The molecule has 2 unspecified atom stereocenters. The zero-order valence-electron chi connectivity index (χ0n) is 10.1. The Kier molecular flexibility index (Phi) is 4.40. The summed E-state index contributed by atoms with van der Waals surface area (Å²) >= 11 is 3.35. The topological polar surface area (TPSA) is 82.4 Å². The molecule has 0 spiro atoms. The van der Waals surface area contributed by atoms with Crippen molar-refractivity contribution in [3.05, 3.63) is 28.2 Å². The lowest BCUT2D eigenvalue weighted by atomic mass is 10.1. The first-order valence-corrected chi connectivity index (χ1v) is 6.71. The van der Waals surface area contributed by atoms with Crippen LogP contribution in [0.4, 0.5) is 5.69 Å². The van der Waals surface area contributed by atoms with Gasteiger partial charge in [0.15, 0.2) is 6.10 Å². The van der Waals surface area contributed by atoms with Crippen LogP contribution in [0.15, 0.2) is 22.7 Å². The molecule has 1 fully saturated rings. The number of nitriles is 1. The summed E-state index contributed by atoms with van der Waals surface area (Å²) in [7, 11) is 0. The molecule has 1 aliphatic heterocycles. The van der Waals surface area contributed by atoms with E-state index in [9.17, 15) is 4.79 Å². The highest BCUT2D eigenvalue weighted by molar-refractivity contribution is 9.10. The van der Waals surface area contributed by atoms with E-state index in [0.29, 0.717) is 24.9 Å². The van der Waals surface area contributed by atoms with Crippen LogP contribution in [0.3, 0.4) is 0 Å². The summed E-state index contributed by atoms with van der Waals surface area (Å²) in [6.45, 7) is 0.495. The predicted molar refractivity (Wildman–Crippen MR) is 72.9 cm³/mol. The highest BCUT2D eigenvalue weighted by atomic mass is 79.9. The highest BCUT2D eigenvalue weighted by Crippen LogP contribution is 2.23. The van der Waals surface area contributed by atoms with Crippen LogP contribution in [0.25, 0.3) is 0 Å². The number of anilines is 1. The van der Waals surface area contributed by atoms with Crippen LogP contribution in [0.1, 0.15) is 18.4 Å². The van der Waals surface area contributed by atoms with Gasteiger partial charge >= 0.3 is 5.97 Å². The molecule has 1 aromatic rings. The van der Waals surface area contributed by atoms with Crippen LogP contribution in [0.2, 0.25) is 0 Å². The molecule has 2 N–H and O–H groups in total. The summed E-state index contributed by atoms with van der Waals surface area (Å²) in [6.07, 6.45) is 0.405. The van der Waals surface area contributed by atoms with Gasteiger partial charge in [0.25, 0.3) is 0 Å². The standard InChI is InChI=1S/C13H13BrN2O3/c14-9-2-1-8(6-15)11(5-9)16-7-10-3-4-12(19-10)13(17)18/h1-2,5,10,12,16H,3-4,7H2,(H,17,18). The Bertz CT molecular complexity index is 527. The summed E-state index contributed by atoms with van der Waals surface area (Å²) < 4.78 is 6.27. The van der Waals surface area contributed by atoms with Gasteiger partial charge < -0.3 is 15.2 Å². The molecule has 2 rings (SSSR count). The average Bonchev–Trinajstić information content (AvgIpc) is 2.85. The second-order valence-corrected chi connectivity index (χ2v) is 5.26.